The fraction of sp³-hybridized carbons (Fsp3) is 0.375. The van der Waals surface area contributed by atoms with Gasteiger partial charge >= 0.3 is 0 Å². The van der Waals surface area contributed by atoms with Crippen LogP contribution in [0.4, 0.5) is 5.69 Å². The van der Waals surface area contributed by atoms with Crippen LogP contribution in [0.25, 0.3) is 0 Å². The van der Waals surface area contributed by atoms with Crippen molar-refractivity contribution in [1.29, 1.82) is 0 Å². The standard InChI is InChI=1S/C16H18N2O3/c1-3-11-5-4-6-13(9-11)17-16(21)14(10(2)19)18-15(20)12-7-8-12/h1,4-6,9-10,12,14,19H,7-8H2,2H3,(H,17,21)(H,18,20). The lowest BCUT2D eigenvalue weighted by atomic mass is 10.1. The van der Waals surface area contributed by atoms with Gasteiger partial charge in [0.1, 0.15) is 6.04 Å². The number of aliphatic hydroxyl groups is 1. The topological polar surface area (TPSA) is 78.4 Å². The van der Waals surface area contributed by atoms with Crippen LogP contribution in [-0.2, 0) is 9.59 Å². The fourth-order valence-corrected chi connectivity index (χ4v) is 1.93. The second-order valence-electron chi connectivity index (χ2n) is 5.22. The number of benzene rings is 1. The van der Waals surface area contributed by atoms with E-state index in [0.717, 1.165) is 12.8 Å². The molecule has 1 fully saturated rings. The Hall–Kier alpha value is -2.32. The molecule has 1 aliphatic carbocycles. The minimum atomic E-state index is -0.983. The lowest BCUT2D eigenvalue weighted by molar-refractivity contribution is -0.129. The van der Waals surface area contributed by atoms with Crippen LogP contribution in [0.3, 0.4) is 0 Å². The molecule has 110 valence electrons. The first kappa shape index (κ1) is 15.1. The van der Waals surface area contributed by atoms with E-state index in [1.807, 2.05) is 0 Å². The van der Waals surface area contributed by atoms with E-state index in [1.54, 1.807) is 24.3 Å². The van der Waals surface area contributed by atoms with Gasteiger partial charge in [-0.15, -0.1) is 6.42 Å². The first-order chi connectivity index (χ1) is 10.0. The lowest BCUT2D eigenvalue weighted by Gasteiger charge is -2.21. The monoisotopic (exact) mass is 286 g/mol. The Morgan fingerprint density at radius 2 is 2.14 bits per heavy atom. The molecule has 21 heavy (non-hydrogen) atoms. The molecule has 0 saturated heterocycles. The Morgan fingerprint density at radius 3 is 2.71 bits per heavy atom. The first-order valence-corrected chi connectivity index (χ1v) is 6.87. The Labute approximate surface area is 123 Å². The van der Waals surface area contributed by atoms with Crippen molar-refractivity contribution >= 4 is 17.5 Å². The van der Waals surface area contributed by atoms with E-state index in [2.05, 4.69) is 16.6 Å². The van der Waals surface area contributed by atoms with Crippen molar-refractivity contribution in [2.45, 2.75) is 31.9 Å². The smallest absolute Gasteiger partial charge is 0.249 e. The van der Waals surface area contributed by atoms with Gasteiger partial charge in [-0.1, -0.05) is 12.0 Å². The van der Waals surface area contributed by atoms with Gasteiger partial charge in [-0.2, -0.15) is 0 Å². The van der Waals surface area contributed by atoms with Crippen molar-refractivity contribution in [2.75, 3.05) is 5.32 Å². The maximum atomic E-state index is 12.2. The summed E-state index contributed by atoms with van der Waals surface area (Å²) < 4.78 is 0. The summed E-state index contributed by atoms with van der Waals surface area (Å²) in [5, 5.41) is 14.9. The third-order valence-electron chi connectivity index (χ3n) is 3.31. The van der Waals surface area contributed by atoms with Gasteiger partial charge in [0, 0.05) is 17.2 Å². The largest absolute Gasteiger partial charge is 0.391 e. The second kappa shape index (κ2) is 6.42. The fourth-order valence-electron chi connectivity index (χ4n) is 1.93. The number of carbonyl (C=O) groups is 2. The summed E-state index contributed by atoms with van der Waals surface area (Å²) in [7, 11) is 0. The van der Waals surface area contributed by atoms with E-state index < -0.39 is 18.1 Å². The van der Waals surface area contributed by atoms with Crippen LogP contribution >= 0.6 is 0 Å². The Bertz CT molecular complexity index is 585. The third kappa shape index (κ3) is 4.07. The quantitative estimate of drug-likeness (QED) is 0.703. The number of amides is 2. The zero-order valence-electron chi connectivity index (χ0n) is 11.8. The molecule has 5 heteroatoms. The minimum Gasteiger partial charge on any atom is -0.391 e. The van der Waals surface area contributed by atoms with Crippen molar-refractivity contribution in [3.05, 3.63) is 29.8 Å². The summed E-state index contributed by atoms with van der Waals surface area (Å²) in [6.45, 7) is 1.47. The van der Waals surface area contributed by atoms with Crippen molar-refractivity contribution in [2.24, 2.45) is 5.92 Å². The molecule has 2 rings (SSSR count). The zero-order valence-corrected chi connectivity index (χ0v) is 11.8. The molecule has 2 unspecified atom stereocenters. The number of nitrogens with one attached hydrogen (secondary N) is 2. The number of carbonyl (C=O) groups excluding carboxylic acids is 2. The normalized spacial score (nSPS) is 16.4. The molecule has 5 nitrogen and oxygen atoms in total. The predicted molar refractivity (Wildman–Crippen MR) is 79.3 cm³/mol. The van der Waals surface area contributed by atoms with Gasteiger partial charge in [0.2, 0.25) is 11.8 Å². The number of rotatable bonds is 5. The molecular formula is C16H18N2O3. The van der Waals surface area contributed by atoms with Gasteiger partial charge in [0.05, 0.1) is 6.10 Å². The van der Waals surface area contributed by atoms with Crippen LogP contribution in [0.1, 0.15) is 25.3 Å². The summed E-state index contributed by atoms with van der Waals surface area (Å²) in [6, 6.07) is 5.84. The molecule has 0 bridgehead atoms. The van der Waals surface area contributed by atoms with E-state index in [0.29, 0.717) is 11.3 Å². The molecule has 2 atom stereocenters. The molecule has 1 aromatic rings. The van der Waals surface area contributed by atoms with E-state index in [4.69, 9.17) is 6.42 Å². The van der Waals surface area contributed by atoms with E-state index in [9.17, 15) is 14.7 Å². The molecule has 1 aromatic carbocycles. The van der Waals surface area contributed by atoms with Gasteiger partial charge in [0.15, 0.2) is 0 Å². The highest BCUT2D eigenvalue weighted by atomic mass is 16.3. The number of hydrogen-bond acceptors (Lipinski definition) is 3. The van der Waals surface area contributed by atoms with Crippen molar-refractivity contribution < 1.29 is 14.7 Å². The maximum absolute atomic E-state index is 12.2. The molecule has 2 amide bonds. The molecule has 3 N–H and O–H groups in total. The van der Waals surface area contributed by atoms with Crippen molar-refractivity contribution in [3.8, 4) is 12.3 Å². The van der Waals surface area contributed by atoms with Crippen LogP contribution in [0.15, 0.2) is 24.3 Å². The third-order valence-corrected chi connectivity index (χ3v) is 3.31. The average molecular weight is 286 g/mol. The molecule has 1 aliphatic rings. The van der Waals surface area contributed by atoms with Gasteiger partial charge in [0.25, 0.3) is 0 Å². The van der Waals surface area contributed by atoms with Gasteiger partial charge < -0.3 is 15.7 Å². The molecule has 0 aliphatic heterocycles. The first-order valence-electron chi connectivity index (χ1n) is 6.87. The predicted octanol–water partition coefficient (Wildman–Crippen LogP) is 0.882. The van der Waals surface area contributed by atoms with E-state index in [1.165, 1.54) is 6.92 Å². The molecule has 0 spiro atoms. The zero-order chi connectivity index (χ0) is 15.4. The highest BCUT2D eigenvalue weighted by Gasteiger charge is 2.34. The summed E-state index contributed by atoms with van der Waals surface area (Å²) in [6.07, 6.45) is 6.00. The number of hydrogen-bond donors (Lipinski definition) is 3. The molecule has 0 heterocycles. The van der Waals surface area contributed by atoms with Crippen LogP contribution in [0, 0.1) is 18.3 Å². The van der Waals surface area contributed by atoms with E-state index >= 15 is 0 Å². The SMILES string of the molecule is C#Cc1cccc(NC(=O)C(NC(=O)C2CC2)C(C)O)c1. The Balaban J connectivity index is 2.03. The summed E-state index contributed by atoms with van der Waals surface area (Å²) >= 11 is 0. The molecule has 0 radical (unpaired) electrons. The Kier molecular flexibility index (Phi) is 4.61. The van der Waals surface area contributed by atoms with Crippen LogP contribution in [0.2, 0.25) is 0 Å². The van der Waals surface area contributed by atoms with Crippen LogP contribution in [-0.4, -0.2) is 29.1 Å². The van der Waals surface area contributed by atoms with Crippen molar-refractivity contribution in [3.63, 3.8) is 0 Å². The van der Waals surface area contributed by atoms with Gasteiger partial charge in [-0.05, 0) is 38.0 Å². The molecule has 1 saturated carbocycles. The maximum Gasteiger partial charge on any atom is 0.249 e. The minimum absolute atomic E-state index is 0.0242. The summed E-state index contributed by atoms with van der Waals surface area (Å²) in [4.78, 5) is 23.9. The number of terminal acetylenes is 1. The van der Waals surface area contributed by atoms with Gasteiger partial charge in [-0.3, -0.25) is 9.59 Å². The van der Waals surface area contributed by atoms with Crippen molar-refractivity contribution in [1.82, 2.24) is 5.32 Å². The molecular weight excluding hydrogens is 268 g/mol. The second-order valence-corrected chi connectivity index (χ2v) is 5.22. The van der Waals surface area contributed by atoms with E-state index in [-0.39, 0.29) is 11.8 Å². The Morgan fingerprint density at radius 1 is 1.43 bits per heavy atom. The highest BCUT2D eigenvalue weighted by molar-refractivity contribution is 5.98. The highest BCUT2D eigenvalue weighted by Crippen LogP contribution is 2.29. The summed E-state index contributed by atoms with van der Waals surface area (Å²) in [5.74, 6) is 1.80. The average Bonchev–Trinajstić information content (AvgIpc) is 3.28. The lowest BCUT2D eigenvalue weighted by Crippen LogP contribution is -2.50. The summed E-state index contributed by atoms with van der Waals surface area (Å²) in [5.41, 5.74) is 1.17. The van der Waals surface area contributed by atoms with Gasteiger partial charge in [-0.25, -0.2) is 0 Å². The number of anilines is 1. The van der Waals surface area contributed by atoms with Crippen LogP contribution < -0.4 is 10.6 Å². The molecule has 0 aromatic heterocycles. The number of aliphatic hydroxyl groups excluding tert-OH is 1. The van der Waals surface area contributed by atoms with Crippen LogP contribution in [0.5, 0.6) is 0 Å².